The second-order valence-corrected chi connectivity index (χ2v) is 6.76. The molecule has 3 aromatic rings. The van der Waals surface area contributed by atoms with E-state index >= 15 is 0 Å². The second-order valence-electron chi connectivity index (χ2n) is 6.76. The van der Waals surface area contributed by atoms with E-state index in [1.807, 2.05) is 31.2 Å². The van der Waals surface area contributed by atoms with Gasteiger partial charge in [-0.25, -0.2) is 4.79 Å². The standard InChI is InChI=1S/C23H20N2O6/c1-15-10-12-17(13-11-15)31-20-9-4-3-8-19(20)24-21(26)14-30-23(27)18-7-5-6-16(2)22(18)25(28)29/h3-13H,14H2,1-2H3,(H,24,26). The van der Waals surface area contributed by atoms with E-state index in [-0.39, 0.29) is 11.3 Å². The predicted octanol–water partition coefficient (Wildman–Crippen LogP) is 4.80. The van der Waals surface area contributed by atoms with E-state index < -0.39 is 23.4 Å². The van der Waals surface area contributed by atoms with Crippen LogP contribution in [0.25, 0.3) is 0 Å². The average molecular weight is 420 g/mol. The highest BCUT2D eigenvalue weighted by molar-refractivity contribution is 5.98. The number of hydrogen-bond donors (Lipinski definition) is 1. The minimum atomic E-state index is -0.949. The van der Waals surface area contributed by atoms with Gasteiger partial charge in [0.1, 0.15) is 11.3 Å². The molecule has 3 rings (SSSR count). The van der Waals surface area contributed by atoms with E-state index in [1.165, 1.54) is 25.1 Å². The Balaban J connectivity index is 1.66. The molecule has 0 aliphatic heterocycles. The number of nitro groups is 1. The molecule has 3 aromatic carbocycles. The molecule has 0 saturated heterocycles. The van der Waals surface area contributed by atoms with Crippen LogP contribution in [-0.4, -0.2) is 23.4 Å². The number of hydrogen-bond acceptors (Lipinski definition) is 6. The summed E-state index contributed by atoms with van der Waals surface area (Å²) in [7, 11) is 0. The number of amides is 1. The van der Waals surface area contributed by atoms with Crippen molar-refractivity contribution in [3.8, 4) is 11.5 Å². The van der Waals surface area contributed by atoms with Crippen molar-refractivity contribution in [1.82, 2.24) is 0 Å². The smallest absolute Gasteiger partial charge is 0.345 e. The minimum absolute atomic E-state index is 0.207. The summed E-state index contributed by atoms with van der Waals surface area (Å²) in [6, 6.07) is 18.6. The molecule has 1 N–H and O–H groups in total. The number of carbonyl (C=O) groups is 2. The van der Waals surface area contributed by atoms with Crippen LogP contribution in [0.1, 0.15) is 21.5 Å². The van der Waals surface area contributed by atoms with Gasteiger partial charge in [0.25, 0.3) is 11.6 Å². The van der Waals surface area contributed by atoms with E-state index in [2.05, 4.69) is 5.32 Å². The molecule has 0 fully saturated rings. The van der Waals surface area contributed by atoms with Gasteiger partial charge in [0.05, 0.1) is 10.6 Å². The van der Waals surface area contributed by atoms with Crippen LogP contribution >= 0.6 is 0 Å². The zero-order valence-corrected chi connectivity index (χ0v) is 17.0. The maximum absolute atomic E-state index is 12.3. The van der Waals surface area contributed by atoms with Crippen LogP contribution in [0, 0.1) is 24.0 Å². The summed E-state index contributed by atoms with van der Waals surface area (Å²) < 4.78 is 10.8. The van der Waals surface area contributed by atoms with Crippen molar-refractivity contribution in [3.63, 3.8) is 0 Å². The van der Waals surface area contributed by atoms with Gasteiger partial charge in [-0.15, -0.1) is 0 Å². The Morgan fingerprint density at radius 1 is 0.968 bits per heavy atom. The van der Waals surface area contributed by atoms with Crippen molar-refractivity contribution in [1.29, 1.82) is 0 Å². The first-order valence-electron chi connectivity index (χ1n) is 9.39. The van der Waals surface area contributed by atoms with Crippen molar-refractivity contribution >= 4 is 23.3 Å². The summed E-state index contributed by atoms with van der Waals surface area (Å²) in [5.74, 6) is -0.538. The lowest BCUT2D eigenvalue weighted by Gasteiger charge is -2.12. The Hall–Kier alpha value is -4.20. The third-order valence-corrected chi connectivity index (χ3v) is 4.38. The SMILES string of the molecule is Cc1ccc(Oc2ccccc2NC(=O)COC(=O)c2cccc(C)c2[N+](=O)[O-])cc1. The first kappa shape index (κ1) is 21.5. The molecule has 0 bridgehead atoms. The first-order chi connectivity index (χ1) is 14.8. The molecule has 1 amide bonds. The van der Waals surface area contributed by atoms with Crippen LogP contribution in [0.2, 0.25) is 0 Å². The first-order valence-corrected chi connectivity index (χ1v) is 9.39. The number of benzene rings is 3. The monoisotopic (exact) mass is 420 g/mol. The van der Waals surface area contributed by atoms with E-state index in [0.717, 1.165) is 5.56 Å². The summed E-state index contributed by atoms with van der Waals surface area (Å²) in [4.78, 5) is 35.2. The van der Waals surface area contributed by atoms with Crippen LogP contribution in [0.4, 0.5) is 11.4 Å². The number of nitro benzene ring substituents is 1. The van der Waals surface area contributed by atoms with Gasteiger partial charge in [0.2, 0.25) is 0 Å². The highest BCUT2D eigenvalue weighted by Gasteiger charge is 2.24. The maximum Gasteiger partial charge on any atom is 0.345 e. The molecule has 0 unspecified atom stereocenters. The number of aryl methyl sites for hydroxylation is 2. The van der Waals surface area contributed by atoms with Crippen molar-refractivity contribution in [2.24, 2.45) is 0 Å². The minimum Gasteiger partial charge on any atom is -0.455 e. The molecule has 8 heteroatoms. The molecule has 0 heterocycles. The topological polar surface area (TPSA) is 108 Å². The predicted molar refractivity (Wildman–Crippen MR) is 114 cm³/mol. The van der Waals surface area contributed by atoms with E-state index in [9.17, 15) is 19.7 Å². The van der Waals surface area contributed by atoms with Crippen LogP contribution in [0.5, 0.6) is 11.5 Å². The number of nitrogens with zero attached hydrogens (tertiary/aromatic N) is 1. The van der Waals surface area contributed by atoms with Crippen molar-refractivity contribution in [2.75, 3.05) is 11.9 Å². The lowest BCUT2D eigenvalue weighted by molar-refractivity contribution is -0.385. The van der Waals surface area contributed by atoms with Gasteiger partial charge in [-0.05, 0) is 44.2 Å². The summed E-state index contributed by atoms with van der Waals surface area (Å²) in [6.07, 6.45) is 0. The quantitative estimate of drug-likeness (QED) is 0.334. The van der Waals surface area contributed by atoms with Gasteiger partial charge >= 0.3 is 5.97 Å². The average Bonchev–Trinajstić information content (AvgIpc) is 2.74. The van der Waals surface area contributed by atoms with Gasteiger partial charge in [-0.2, -0.15) is 0 Å². The van der Waals surface area contributed by atoms with Gasteiger partial charge in [-0.3, -0.25) is 14.9 Å². The third kappa shape index (κ3) is 5.45. The second kappa shape index (κ2) is 9.53. The fourth-order valence-electron chi connectivity index (χ4n) is 2.85. The normalized spacial score (nSPS) is 10.3. The molecule has 0 aliphatic rings. The van der Waals surface area contributed by atoms with Gasteiger partial charge in [-0.1, -0.05) is 42.0 Å². The number of esters is 1. The summed E-state index contributed by atoms with van der Waals surface area (Å²) in [6.45, 7) is 2.88. The number of rotatable bonds is 7. The lowest BCUT2D eigenvalue weighted by atomic mass is 10.1. The maximum atomic E-state index is 12.3. The number of anilines is 1. The van der Waals surface area contributed by atoms with Crippen LogP contribution in [0.3, 0.4) is 0 Å². The van der Waals surface area contributed by atoms with Crippen LogP contribution < -0.4 is 10.1 Å². The highest BCUT2D eigenvalue weighted by atomic mass is 16.6. The molecule has 8 nitrogen and oxygen atoms in total. The molecule has 158 valence electrons. The molecule has 0 aliphatic carbocycles. The lowest BCUT2D eigenvalue weighted by Crippen LogP contribution is -2.21. The number of nitrogens with one attached hydrogen (secondary N) is 1. The van der Waals surface area contributed by atoms with E-state index in [1.54, 1.807) is 24.3 Å². The van der Waals surface area contributed by atoms with E-state index in [4.69, 9.17) is 9.47 Å². The zero-order valence-electron chi connectivity index (χ0n) is 17.0. The van der Waals surface area contributed by atoms with E-state index in [0.29, 0.717) is 22.7 Å². The van der Waals surface area contributed by atoms with Crippen LogP contribution in [0.15, 0.2) is 66.7 Å². The summed E-state index contributed by atoms with van der Waals surface area (Å²) in [5, 5.41) is 13.9. The fraction of sp³-hybridized carbons (Fsp3) is 0.130. The Morgan fingerprint density at radius 3 is 2.39 bits per heavy atom. The fourth-order valence-corrected chi connectivity index (χ4v) is 2.85. The largest absolute Gasteiger partial charge is 0.455 e. The van der Waals surface area contributed by atoms with Gasteiger partial charge in [0, 0.05) is 5.56 Å². The Labute approximate surface area is 178 Å². The third-order valence-electron chi connectivity index (χ3n) is 4.38. The van der Waals surface area contributed by atoms with Gasteiger partial charge < -0.3 is 14.8 Å². The molecule has 0 spiro atoms. The number of carbonyl (C=O) groups excluding carboxylic acids is 2. The zero-order chi connectivity index (χ0) is 22.4. The summed E-state index contributed by atoms with van der Waals surface area (Å²) in [5.41, 5.74) is 1.26. The molecular formula is C23H20N2O6. The summed E-state index contributed by atoms with van der Waals surface area (Å²) >= 11 is 0. The molecule has 0 atom stereocenters. The Morgan fingerprint density at radius 2 is 1.68 bits per heavy atom. The van der Waals surface area contributed by atoms with Crippen molar-refractivity contribution in [2.45, 2.75) is 13.8 Å². The highest BCUT2D eigenvalue weighted by Crippen LogP contribution is 2.29. The van der Waals surface area contributed by atoms with Gasteiger partial charge in [0.15, 0.2) is 12.4 Å². The number of para-hydroxylation sites is 3. The molecule has 0 saturated carbocycles. The van der Waals surface area contributed by atoms with Crippen molar-refractivity contribution in [3.05, 3.63) is 93.5 Å². The molecular weight excluding hydrogens is 400 g/mol. The Kier molecular flexibility index (Phi) is 6.61. The van der Waals surface area contributed by atoms with Crippen molar-refractivity contribution < 1.29 is 24.0 Å². The molecule has 0 aromatic heterocycles. The molecule has 0 radical (unpaired) electrons. The Bertz CT molecular complexity index is 1130. The molecule has 31 heavy (non-hydrogen) atoms. The number of ether oxygens (including phenoxy) is 2. The van der Waals surface area contributed by atoms with Crippen LogP contribution in [-0.2, 0) is 9.53 Å².